The molecule has 0 saturated carbocycles. The Labute approximate surface area is 173 Å². The number of aryl methyl sites for hydroxylation is 1. The molecule has 0 aliphatic carbocycles. The summed E-state index contributed by atoms with van der Waals surface area (Å²) in [7, 11) is 4.72. The van der Waals surface area contributed by atoms with Crippen LogP contribution in [0, 0.1) is 0 Å². The molecular weight excluding hydrogens is 382 g/mol. The maximum Gasteiger partial charge on any atom is 0.332 e. The molecule has 0 fully saturated rings. The minimum absolute atomic E-state index is 0.354. The van der Waals surface area contributed by atoms with E-state index in [1.165, 1.54) is 11.6 Å². The van der Waals surface area contributed by atoms with Crippen LogP contribution < -0.4 is 21.3 Å². The fourth-order valence-corrected chi connectivity index (χ4v) is 3.43. The Bertz CT molecular complexity index is 1300. The zero-order chi connectivity index (χ0) is 21.3. The van der Waals surface area contributed by atoms with Gasteiger partial charge in [0, 0.05) is 20.6 Å². The van der Waals surface area contributed by atoms with Crippen molar-refractivity contribution in [3.05, 3.63) is 86.6 Å². The second-order valence-electron chi connectivity index (χ2n) is 7.09. The number of fused-ring (bicyclic) bond motifs is 1. The van der Waals surface area contributed by atoms with Gasteiger partial charge in [0.25, 0.3) is 5.56 Å². The molecule has 8 nitrogen and oxygen atoms in total. The maximum absolute atomic E-state index is 12.9. The molecule has 4 aromatic rings. The SMILES string of the molecule is COc1ccc(Cn2c(NCc3ccccc3)nc3c2c(=O)n(C)c(=O)n3C)cc1. The first-order valence-corrected chi connectivity index (χ1v) is 9.56. The van der Waals surface area contributed by atoms with Gasteiger partial charge in [0.2, 0.25) is 5.95 Å². The summed E-state index contributed by atoms with van der Waals surface area (Å²) in [6.07, 6.45) is 0. The monoisotopic (exact) mass is 405 g/mol. The van der Waals surface area contributed by atoms with Gasteiger partial charge in [-0.1, -0.05) is 42.5 Å². The molecule has 8 heteroatoms. The van der Waals surface area contributed by atoms with E-state index in [-0.39, 0.29) is 5.56 Å². The lowest BCUT2D eigenvalue weighted by molar-refractivity contribution is 0.414. The number of nitrogens with one attached hydrogen (secondary N) is 1. The highest BCUT2D eigenvalue weighted by molar-refractivity contribution is 5.74. The van der Waals surface area contributed by atoms with E-state index in [2.05, 4.69) is 10.3 Å². The van der Waals surface area contributed by atoms with E-state index < -0.39 is 5.69 Å². The molecule has 0 saturated heterocycles. The molecule has 2 aromatic heterocycles. The number of imidazole rings is 1. The topological polar surface area (TPSA) is 83.1 Å². The van der Waals surface area contributed by atoms with Crippen molar-refractivity contribution in [1.29, 1.82) is 0 Å². The van der Waals surface area contributed by atoms with Gasteiger partial charge in [-0.2, -0.15) is 4.98 Å². The molecule has 0 atom stereocenters. The van der Waals surface area contributed by atoms with Crippen LogP contribution in [-0.4, -0.2) is 25.8 Å². The van der Waals surface area contributed by atoms with Gasteiger partial charge in [-0.25, -0.2) is 4.79 Å². The van der Waals surface area contributed by atoms with Crippen LogP contribution >= 0.6 is 0 Å². The average molecular weight is 405 g/mol. The molecule has 0 radical (unpaired) electrons. The lowest BCUT2D eigenvalue weighted by Crippen LogP contribution is -2.37. The molecule has 2 aromatic carbocycles. The van der Waals surface area contributed by atoms with Gasteiger partial charge in [-0.15, -0.1) is 0 Å². The lowest BCUT2D eigenvalue weighted by Gasteiger charge is -2.12. The van der Waals surface area contributed by atoms with Crippen LogP contribution in [0.5, 0.6) is 5.75 Å². The van der Waals surface area contributed by atoms with Gasteiger partial charge in [-0.05, 0) is 23.3 Å². The third-order valence-corrected chi connectivity index (χ3v) is 5.14. The molecule has 2 heterocycles. The third kappa shape index (κ3) is 3.47. The number of methoxy groups -OCH3 is 1. The Morgan fingerprint density at radius 3 is 2.30 bits per heavy atom. The molecule has 0 amide bonds. The largest absolute Gasteiger partial charge is 0.497 e. The molecule has 0 spiro atoms. The Balaban J connectivity index is 1.83. The summed E-state index contributed by atoms with van der Waals surface area (Å²) in [6, 6.07) is 17.6. The van der Waals surface area contributed by atoms with E-state index in [4.69, 9.17) is 4.74 Å². The summed E-state index contributed by atoms with van der Waals surface area (Å²) in [5, 5.41) is 3.32. The molecule has 0 aliphatic rings. The van der Waals surface area contributed by atoms with E-state index in [9.17, 15) is 9.59 Å². The van der Waals surface area contributed by atoms with Crippen LogP contribution in [0.25, 0.3) is 11.2 Å². The Hall–Kier alpha value is -3.81. The van der Waals surface area contributed by atoms with Gasteiger partial charge >= 0.3 is 5.69 Å². The van der Waals surface area contributed by atoms with Crippen LogP contribution in [0.1, 0.15) is 11.1 Å². The number of aromatic nitrogens is 4. The number of benzene rings is 2. The summed E-state index contributed by atoms with van der Waals surface area (Å²) in [4.78, 5) is 29.9. The van der Waals surface area contributed by atoms with Crippen molar-refractivity contribution in [2.45, 2.75) is 13.1 Å². The molecule has 4 rings (SSSR count). The molecule has 0 unspecified atom stereocenters. The quantitative estimate of drug-likeness (QED) is 0.531. The summed E-state index contributed by atoms with van der Waals surface area (Å²) in [5.41, 5.74) is 2.02. The van der Waals surface area contributed by atoms with E-state index in [0.717, 1.165) is 21.4 Å². The predicted octanol–water partition coefficient (Wildman–Crippen LogP) is 2.10. The van der Waals surface area contributed by atoms with Crippen LogP contribution in [0.2, 0.25) is 0 Å². The number of rotatable bonds is 6. The van der Waals surface area contributed by atoms with Crippen molar-refractivity contribution < 1.29 is 4.74 Å². The summed E-state index contributed by atoms with van der Waals surface area (Å²) < 4.78 is 9.55. The smallest absolute Gasteiger partial charge is 0.332 e. The molecule has 1 N–H and O–H groups in total. The molecule has 154 valence electrons. The molecule has 0 aliphatic heterocycles. The van der Waals surface area contributed by atoms with Crippen LogP contribution in [0.3, 0.4) is 0 Å². The van der Waals surface area contributed by atoms with Crippen molar-refractivity contribution in [2.24, 2.45) is 14.1 Å². The first-order valence-electron chi connectivity index (χ1n) is 9.56. The van der Waals surface area contributed by atoms with Gasteiger partial charge in [-0.3, -0.25) is 18.5 Å². The van der Waals surface area contributed by atoms with Crippen LogP contribution in [0.4, 0.5) is 5.95 Å². The summed E-state index contributed by atoms with van der Waals surface area (Å²) in [5.74, 6) is 1.29. The minimum atomic E-state index is -0.406. The minimum Gasteiger partial charge on any atom is -0.497 e. The second-order valence-corrected chi connectivity index (χ2v) is 7.09. The second kappa shape index (κ2) is 7.90. The van der Waals surface area contributed by atoms with E-state index in [1.54, 1.807) is 14.2 Å². The summed E-state index contributed by atoms with van der Waals surface area (Å²) in [6.45, 7) is 0.964. The van der Waals surface area contributed by atoms with E-state index >= 15 is 0 Å². The number of hydrogen-bond acceptors (Lipinski definition) is 5. The first kappa shape index (κ1) is 19.5. The Kier molecular flexibility index (Phi) is 5.14. The van der Waals surface area contributed by atoms with Crippen molar-refractivity contribution in [1.82, 2.24) is 18.7 Å². The number of nitrogens with zero attached hydrogens (tertiary/aromatic N) is 4. The third-order valence-electron chi connectivity index (χ3n) is 5.14. The highest BCUT2D eigenvalue weighted by Gasteiger charge is 2.19. The zero-order valence-electron chi connectivity index (χ0n) is 17.1. The van der Waals surface area contributed by atoms with Crippen molar-refractivity contribution in [3.8, 4) is 5.75 Å². The fourth-order valence-electron chi connectivity index (χ4n) is 3.43. The highest BCUT2D eigenvalue weighted by Crippen LogP contribution is 2.20. The van der Waals surface area contributed by atoms with Crippen LogP contribution in [-0.2, 0) is 27.2 Å². The normalized spacial score (nSPS) is 11.0. The molecule has 0 bridgehead atoms. The van der Waals surface area contributed by atoms with Gasteiger partial charge in [0.05, 0.1) is 13.7 Å². The zero-order valence-corrected chi connectivity index (χ0v) is 17.1. The number of anilines is 1. The average Bonchev–Trinajstić information content (AvgIpc) is 3.14. The van der Waals surface area contributed by atoms with Crippen molar-refractivity contribution in [3.63, 3.8) is 0 Å². The Morgan fingerprint density at radius 2 is 1.63 bits per heavy atom. The highest BCUT2D eigenvalue weighted by atomic mass is 16.5. The van der Waals surface area contributed by atoms with Crippen molar-refractivity contribution >= 4 is 17.1 Å². The lowest BCUT2D eigenvalue weighted by atomic mass is 10.2. The molecular formula is C22H23N5O3. The van der Waals surface area contributed by atoms with Crippen molar-refractivity contribution in [2.75, 3.05) is 12.4 Å². The number of hydrogen-bond donors (Lipinski definition) is 1. The van der Waals surface area contributed by atoms with E-state index in [1.807, 2.05) is 59.2 Å². The van der Waals surface area contributed by atoms with Crippen LogP contribution in [0.15, 0.2) is 64.2 Å². The molecule has 30 heavy (non-hydrogen) atoms. The van der Waals surface area contributed by atoms with Gasteiger partial charge in [0.15, 0.2) is 11.2 Å². The first-order chi connectivity index (χ1) is 14.5. The maximum atomic E-state index is 12.9. The van der Waals surface area contributed by atoms with Gasteiger partial charge < -0.3 is 10.1 Å². The fraction of sp³-hybridized carbons (Fsp3) is 0.227. The van der Waals surface area contributed by atoms with Gasteiger partial charge in [0.1, 0.15) is 5.75 Å². The summed E-state index contributed by atoms with van der Waals surface area (Å²) >= 11 is 0. The predicted molar refractivity (Wildman–Crippen MR) is 116 cm³/mol. The Morgan fingerprint density at radius 1 is 0.933 bits per heavy atom. The standard InChI is InChI=1S/C22H23N5O3/c1-25-19-18(20(28)26(2)22(25)29)27(14-16-9-11-17(30-3)12-10-16)21(24-19)23-13-15-7-5-4-6-8-15/h4-12H,13-14H2,1-3H3,(H,23,24). The van der Waals surface area contributed by atoms with E-state index in [0.29, 0.717) is 30.2 Å². The number of ether oxygens (including phenoxy) is 1.